The van der Waals surface area contributed by atoms with Crippen molar-refractivity contribution in [1.29, 1.82) is 0 Å². The van der Waals surface area contributed by atoms with Crippen molar-refractivity contribution in [2.45, 2.75) is 33.7 Å². The van der Waals surface area contributed by atoms with Gasteiger partial charge in [-0.25, -0.2) is 9.97 Å². The van der Waals surface area contributed by atoms with Crippen molar-refractivity contribution >= 4 is 0 Å². The van der Waals surface area contributed by atoms with E-state index in [2.05, 4.69) is 27.9 Å². The Morgan fingerprint density at radius 3 is 2.56 bits per heavy atom. The number of aromatic nitrogens is 3. The Kier molecular flexibility index (Phi) is 3.67. The largest absolute Gasteiger partial charge is 0.326 e. The minimum atomic E-state index is 0.476. The molecule has 4 nitrogen and oxygen atoms in total. The lowest BCUT2D eigenvalue weighted by atomic mass is 10.1. The zero-order chi connectivity index (χ0) is 13.1. The Hall–Kier alpha value is -1.81. The lowest BCUT2D eigenvalue weighted by Crippen LogP contribution is -2.06. The number of nitrogens with two attached hydrogens (primary N) is 1. The standard InChI is InChI=1S/C14H18N4/c1-4-12-11(6-15)8-17-14(18-12)13-10(3)5-9(2)7-16-13/h5,7-8H,4,6,15H2,1-3H3. The smallest absolute Gasteiger partial charge is 0.178 e. The zero-order valence-corrected chi connectivity index (χ0v) is 11.1. The van der Waals surface area contributed by atoms with E-state index in [9.17, 15) is 0 Å². The molecule has 94 valence electrons. The quantitative estimate of drug-likeness (QED) is 0.896. The van der Waals surface area contributed by atoms with E-state index < -0.39 is 0 Å². The summed E-state index contributed by atoms with van der Waals surface area (Å²) in [5.41, 5.74) is 10.8. The fourth-order valence-electron chi connectivity index (χ4n) is 1.98. The van der Waals surface area contributed by atoms with Gasteiger partial charge in [-0.3, -0.25) is 4.98 Å². The molecule has 4 heteroatoms. The molecule has 0 radical (unpaired) electrons. The minimum Gasteiger partial charge on any atom is -0.326 e. The Morgan fingerprint density at radius 1 is 1.17 bits per heavy atom. The monoisotopic (exact) mass is 242 g/mol. The van der Waals surface area contributed by atoms with E-state index in [1.165, 1.54) is 0 Å². The van der Waals surface area contributed by atoms with E-state index in [1.807, 2.05) is 26.2 Å². The van der Waals surface area contributed by atoms with Gasteiger partial charge in [0, 0.05) is 30.2 Å². The van der Waals surface area contributed by atoms with Crippen LogP contribution < -0.4 is 5.73 Å². The van der Waals surface area contributed by atoms with Crippen molar-refractivity contribution in [1.82, 2.24) is 15.0 Å². The summed E-state index contributed by atoms with van der Waals surface area (Å²) < 4.78 is 0. The first-order valence-electron chi connectivity index (χ1n) is 6.14. The average molecular weight is 242 g/mol. The minimum absolute atomic E-state index is 0.476. The number of pyridine rings is 1. The topological polar surface area (TPSA) is 64.7 Å². The van der Waals surface area contributed by atoms with Crippen LogP contribution in [0.3, 0.4) is 0 Å². The first-order valence-corrected chi connectivity index (χ1v) is 6.14. The first kappa shape index (κ1) is 12.6. The fraction of sp³-hybridized carbons (Fsp3) is 0.357. The van der Waals surface area contributed by atoms with Crippen LogP contribution in [0.4, 0.5) is 0 Å². The van der Waals surface area contributed by atoms with Crippen molar-refractivity contribution in [3.8, 4) is 11.5 Å². The van der Waals surface area contributed by atoms with E-state index >= 15 is 0 Å². The second-order valence-corrected chi connectivity index (χ2v) is 4.40. The molecule has 2 aromatic rings. The molecule has 2 aromatic heterocycles. The molecule has 0 unspecified atom stereocenters. The number of rotatable bonds is 3. The second-order valence-electron chi connectivity index (χ2n) is 4.40. The summed E-state index contributed by atoms with van der Waals surface area (Å²) in [7, 11) is 0. The molecule has 0 saturated heterocycles. The molecule has 0 aliphatic heterocycles. The molecule has 0 spiro atoms. The molecule has 0 amide bonds. The van der Waals surface area contributed by atoms with Gasteiger partial charge in [-0.15, -0.1) is 0 Å². The molecular formula is C14H18N4. The summed E-state index contributed by atoms with van der Waals surface area (Å²) in [4.78, 5) is 13.4. The van der Waals surface area contributed by atoms with Gasteiger partial charge in [0.2, 0.25) is 0 Å². The van der Waals surface area contributed by atoms with Gasteiger partial charge in [-0.1, -0.05) is 13.0 Å². The molecule has 0 fully saturated rings. The number of hydrogen-bond acceptors (Lipinski definition) is 4. The Balaban J connectivity index is 2.51. The predicted octanol–water partition coefficient (Wildman–Crippen LogP) is 2.18. The van der Waals surface area contributed by atoms with Gasteiger partial charge in [-0.05, 0) is 31.4 Å². The van der Waals surface area contributed by atoms with E-state index in [4.69, 9.17) is 5.73 Å². The molecule has 18 heavy (non-hydrogen) atoms. The zero-order valence-electron chi connectivity index (χ0n) is 11.1. The van der Waals surface area contributed by atoms with E-state index in [1.54, 1.807) is 0 Å². The van der Waals surface area contributed by atoms with Crippen LogP contribution in [-0.2, 0) is 13.0 Å². The van der Waals surface area contributed by atoms with Gasteiger partial charge in [0.1, 0.15) is 5.69 Å². The maximum absolute atomic E-state index is 5.67. The van der Waals surface area contributed by atoms with Gasteiger partial charge in [0.15, 0.2) is 5.82 Å². The summed E-state index contributed by atoms with van der Waals surface area (Å²) in [6, 6.07) is 2.09. The molecule has 0 bridgehead atoms. The second kappa shape index (κ2) is 5.23. The van der Waals surface area contributed by atoms with Gasteiger partial charge in [0.05, 0.1) is 0 Å². The third kappa shape index (κ3) is 2.38. The van der Waals surface area contributed by atoms with E-state index in [0.717, 1.165) is 34.5 Å². The van der Waals surface area contributed by atoms with Crippen molar-refractivity contribution in [2.24, 2.45) is 5.73 Å². The van der Waals surface area contributed by atoms with Crippen molar-refractivity contribution < 1.29 is 0 Å². The number of nitrogens with zero attached hydrogens (tertiary/aromatic N) is 3. The van der Waals surface area contributed by atoms with Crippen LogP contribution in [0.25, 0.3) is 11.5 Å². The first-order chi connectivity index (χ1) is 8.65. The van der Waals surface area contributed by atoms with E-state index in [0.29, 0.717) is 12.4 Å². The highest BCUT2D eigenvalue weighted by Crippen LogP contribution is 2.19. The average Bonchev–Trinajstić information content (AvgIpc) is 2.38. The third-order valence-corrected chi connectivity index (χ3v) is 2.94. The maximum atomic E-state index is 5.67. The van der Waals surface area contributed by atoms with Gasteiger partial charge in [0.25, 0.3) is 0 Å². The van der Waals surface area contributed by atoms with Crippen LogP contribution in [0, 0.1) is 13.8 Å². The molecule has 0 aromatic carbocycles. The SMILES string of the molecule is CCc1nc(-c2ncc(C)cc2C)ncc1CN. The molecule has 0 aliphatic carbocycles. The summed E-state index contributed by atoms with van der Waals surface area (Å²) in [5.74, 6) is 0.682. The molecule has 2 N–H and O–H groups in total. The number of hydrogen-bond donors (Lipinski definition) is 1. The van der Waals surface area contributed by atoms with Crippen LogP contribution in [0.15, 0.2) is 18.5 Å². The van der Waals surface area contributed by atoms with Gasteiger partial charge in [-0.2, -0.15) is 0 Å². The van der Waals surface area contributed by atoms with Crippen LogP contribution >= 0.6 is 0 Å². The lowest BCUT2D eigenvalue weighted by Gasteiger charge is -2.08. The molecular weight excluding hydrogens is 224 g/mol. The Labute approximate surface area is 107 Å². The van der Waals surface area contributed by atoms with Crippen LogP contribution in [0.5, 0.6) is 0 Å². The third-order valence-electron chi connectivity index (χ3n) is 2.94. The van der Waals surface area contributed by atoms with Crippen LogP contribution in [0.1, 0.15) is 29.3 Å². The summed E-state index contributed by atoms with van der Waals surface area (Å²) in [6.45, 7) is 6.60. The summed E-state index contributed by atoms with van der Waals surface area (Å²) in [6.07, 6.45) is 4.50. The van der Waals surface area contributed by atoms with Crippen molar-refractivity contribution in [3.05, 3.63) is 40.8 Å². The highest BCUT2D eigenvalue weighted by Gasteiger charge is 2.10. The molecule has 0 aliphatic rings. The van der Waals surface area contributed by atoms with Gasteiger partial charge >= 0.3 is 0 Å². The number of aryl methyl sites for hydroxylation is 3. The van der Waals surface area contributed by atoms with Crippen molar-refractivity contribution in [3.63, 3.8) is 0 Å². The highest BCUT2D eigenvalue weighted by atomic mass is 14.9. The predicted molar refractivity (Wildman–Crippen MR) is 72.0 cm³/mol. The fourth-order valence-corrected chi connectivity index (χ4v) is 1.98. The molecule has 2 rings (SSSR count). The Morgan fingerprint density at radius 2 is 1.94 bits per heavy atom. The summed E-state index contributed by atoms with van der Waals surface area (Å²) >= 11 is 0. The highest BCUT2D eigenvalue weighted by molar-refractivity contribution is 5.55. The summed E-state index contributed by atoms with van der Waals surface area (Å²) in [5, 5.41) is 0. The van der Waals surface area contributed by atoms with Crippen LogP contribution in [-0.4, -0.2) is 15.0 Å². The molecule has 0 atom stereocenters. The van der Waals surface area contributed by atoms with Gasteiger partial charge < -0.3 is 5.73 Å². The lowest BCUT2D eigenvalue weighted by molar-refractivity contribution is 0.914. The van der Waals surface area contributed by atoms with E-state index in [-0.39, 0.29) is 0 Å². The molecule has 0 saturated carbocycles. The normalized spacial score (nSPS) is 10.7. The maximum Gasteiger partial charge on any atom is 0.178 e. The van der Waals surface area contributed by atoms with Crippen LogP contribution in [0.2, 0.25) is 0 Å². The Bertz CT molecular complexity index is 564. The van der Waals surface area contributed by atoms with Crippen molar-refractivity contribution in [2.75, 3.05) is 0 Å². The molecule has 2 heterocycles.